The standard InChI is InChI=1S/CH3O2P.2K/c1-4(2)3;;/h1H3;;/q-2;2*+1. The smallest absolute Gasteiger partial charge is 0.842 e. The molecule has 0 fully saturated rings. The van der Waals surface area contributed by atoms with Crippen LogP contribution in [0.15, 0.2) is 0 Å². The van der Waals surface area contributed by atoms with Crippen molar-refractivity contribution in [2.75, 3.05) is 6.66 Å². The van der Waals surface area contributed by atoms with Crippen molar-refractivity contribution < 1.29 is 113 Å². The fraction of sp³-hybridized carbons (Fsp3) is 1.00. The van der Waals surface area contributed by atoms with Gasteiger partial charge in [-0.1, -0.05) is 6.66 Å². The molecule has 0 radical (unpaired) electrons. The third-order valence-electron chi connectivity index (χ3n) is 0. The molecule has 0 atom stereocenters. The molecule has 0 N–H and O–H groups in total. The van der Waals surface area contributed by atoms with Crippen molar-refractivity contribution >= 4 is 8.38 Å². The Labute approximate surface area is 124 Å². The van der Waals surface area contributed by atoms with E-state index in [0.717, 1.165) is 6.66 Å². The molecule has 0 aliphatic rings. The minimum absolute atomic E-state index is 0. The van der Waals surface area contributed by atoms with Crippen molar-refractivity contribution in [3.63, 3.8) is 0 Å². The number of rotatable bonds is 0. The summed E-state index contributed by atoms with van der Waals surface area (Å²) in [5.74, 6) is 0. The van der Waals surface area contributed by atoms with Crippen molar-refractivity contribution in [2.24, 2.45) is 0 Å². The molecule has 0 aromatic rings. The first-order valence-electron chi connectivity index (χ1n) is 0.812. The van der Waals surface area contributed by atoms with E-state index in [9.17, 15) is 0 Å². The molecule has 0 rings (SSSR count). The van der Waals surface area contributed by atoms with E-state index >= 15 is 0 Å². The Morgan fingerprint density at radius 2 is 1.17 bits per heavy atom. The van der Waals surface area contributed by atoms with Crippen LogP contribution in [-0.2, 0) is 0 Å². The van der Waals surface area contributed by atoms with E-state index < -0.39 is 8.38 Å². The topological polar surface area (TPSA) is 46.1 Å². The second-order valence-electron chi connectivity index (χ2n) is 0.440. The Hall–Kier alpha value is 3.62. The molecule has 0 amide bonds. The second kappa shape index (κ2) is 11.4. The fourth-order valence-corrected chi connectivity index (χ4v) is 0. The third kappa shape index (κ3) is 25.5. The van der Waals surface area contributed by atoms with E-state index in [1.54, 1.807) is 0 Å². The van der Waals surface area contributed by atoms with Crippen molar-refractivity contribution in [3.8, 4) is 0 Å². The van der Waals surface area contributed by atoms with Crippen LogP contribution in [0.2, 0.25) is 0 Å². The average Bonchev–Trinajstić information content (AvgIpc) is 0.811. The van der Waals surface area contributed by atoms with Crippen LogP contribution in [0.3, 0.4) is 0 Å². The molecule has 0 saturated carbocycles. The van der Waals surface area contributed by atoms with Gasteiger partial charge in [-0.15, -0.1) is 0 Å². The molecule has 0 aromatic carbocycles. The number of hydrogen-bond acceptors (Lipinski definition) is 2. The zero-order chi connectivity index (χ0) is 3.58. The first-order chi connectivity index (χ1) is 1.73. The van der Waals surface area contributed by atoms with Gasteiger partial charge in [0.15, 0.2) is 0 Å². The summed E-state index contributed by atoms with van der Waals surface area (Å²) < 4.78 is 0. The Morgan fingerprint density at radius 3 is 1.17 bits per heavy atom. The van der Waals surface area contributed by atoms with Gasteiger partial charge in [-0.2, -0.15) is 0 Å². The summed E-state index contributed by atoms with van der Waals surface area (Å²) >= 11 is 0. The summed E-state index contributed by atoms with van der Waals surface area (Å²) in [5.41, 5.74) is 0. The van der Waals surface area contributed by atoms with Gasteiger partial charge in [-0.3, -0.25) is 0 Å². The number of hydrogen-bond donors (Lipinski definition) is 0. The fourth-order valence-electron chi connectivity index (χ4n) is 0. The minimum Gasteiger partial charge on any atom is -0.842 e. The summed E-state index contributed by atoms with van der Waals surface area (Å²) in [4.78, 5) is 18.1. The summed E-state index contributed by atoms with van der Waals surface area (Å²) in [6, 6.07) is 0. The molecule has 0 heterocycles. The van der Waals surface area contributed by atoms with E-state index in [4.69, 9.17) is 9.79 Å². The molecule has 0 spiro atoms. The molecule has 26 valence electrons. The van der Waals surface area contributed by atoms with Gasteiger partial charge in [0.05, 0.1) is 0 Å². The zero-order valence-electron chi connectivity index (χ0n) is 4.26. The van der Waals surface area contributed by atoms with Crippen molar-refractivity contribution in [1.29, 1.82) is 0 Å². The Bertz CT molecular complexity index is 16.3. The van der Waals surface area contributed by atoms with Gasteiger partial charge < -0.3 is 18.2 Å². The largest absolute Gasteiger partial charge is 1.00 e. The van der Waals surface area contributed by atoms with Crippen molar-refractivity contribution in [3.05, 3.63) is 0 Å². The molecular weight excluding hydrogens is 153 g/mol. The molecule has 2 nitrogen and oxygen atoms in total. The van der Waals surface area contributed by atoms with Gasteiger partial charge in [0.2, 0.25) is 0 Å². The Morgan fingerprint density at radius 1 is 1.17 bits per heavy atom. The van der Waals surface area contributed by atoms with Gasteiger partial charge in [0.1, 0.15) is 0 Å². The Balaban J connectivity index is -0.0000000450. The summed E-state index contributed by atoms with van der Waals surface area (Å²) in [6.45, 7) is 1.12. The quantitative estimate of drug-likeness (QED) is 0.258. The molecule has 5 heteroatoms. The van der Waals surface area contributed by atoms with Gasteiger partial charge in [-0.05, 0) is 0 Å². The van der Waals surface area contributed by atoms with Crippen LogP contribution in [-0.4, -0.2) is 6.66 Å². The predicted octanol–water partition coefficient (Wildman–Crippen LogP) is -7.34. The molecule has 0 unspecified atom stereocenters. The molecule has 0 saturated heterocycles. The summed E-state index contributed by atoms with van der Waals surface area (Å²) in [7, 11) is -2.12. The van der Waals surface area contributed by atoms with Crippen molar-refractivity contribution in [1.82, 2.24) is 0 Å². The zero-order valence-corrected chi connectivity index (χ0v) is 11.4. The molecular formula is CH3K2O2P. The van der Waals surface area contributed by atoms with Crippen LogP contribution in [0, 0.1) is 0 Å². The van der Waals surface area contributed by atoms with Crippen LogP contribution < -0.4 is 113 Å². The van der Waals surface area contributed by atoms with Gasteiger partial charge in [-0.25, -0.2) is 0 Å². The third-order valence-corrected chi connectivity index (χ3v) is 0. The second-order valence-corrected chi connectivity index (χ2v) is 1.32. The summed E-state index contributed by atoms with van der Waals surface area (Å²) in [6.07, 6.45) is 0. The summed E-state index contributed by atoms with van der Waals surface area (Å²) in [5, 5.41) is 0. The molecule has 6 heavy (non-hydrogen) atoms. The molecule has 0 aliphatic heterocycles. The van der Waals surface area contributed by atoms with E-state index in [1.807, 2.05) is 0 Å². The molecule has 0 aliphatic carbocycles. The molecule has 0 aromatic heterocycles. The van der Waals surface area contributed by atoms with E-state index in [1.165, 1.54) is 0 Å². The predicted molar refractivity (Wildman–Crippen MR) is 12.8 cm³/mol. The minimum atomic E-state index is -2.12. The van der Waals surface area contributed by atoms with Gasteiger partial charge >= 0.3 is 103 Å². The Kier molecular flexibility index (Phi) is 31.1. The first-order valence-corrected chi connectivity index (χ1v) is 2.44. The molecule has 0 bridgehead atoms. The van der Waals surface area contributed by atoms with Crippen LogP contribution >= 0.6 is 8.38 Å². The maximum Gasteiger partial charge on any atom is 1.00 e. The van der Waals surface area contributed by atoms with E-state index in [-0.39, 0.29) is 103 Å². The van der Waals surface area contributed by atoms with Gasteiger partial charge in [0.25, 0.3) is 0 Å². The van der Waals surface area contributed by atoms with Crippen molar-refractivity contribution in [2.45, 2.75) is 0 Å². The van der Waals surface area contributed by atoms with E-state index in [0.29, 0.717) is 0 Å². The maximum atomic E-state index is 9.04. The van der Waals surface area contributed by atoms with Crippen LogP contribution in [0.4, 0.5) is 0 Å². The van der Waals surface area contributed by atoms with E-state index in [2.05, 4.69) is 0 Å². The van der Waals surface area contributed by atoms with Crippen LogP contribution in [0.1, 0.15) is 0 Å². The van der Waals surface area contributed by atoms with Crippen LogP contribution in [0.5, 0.6) is 0 Å². The SMILES string of the molecule is CP([O-])[O-].[K+].[K+]. The normalized spacial score (nSPS) is 6.00. The maximum absolute atomic E-state index is 9.04. The van der Waals surface area contributed by atoms with Gasteiger partial charge in [0, 0.05) is 0 Å². The first kappa shape index (κ1) is 16.3. The average molecular weight is 156 g/mol. The monoisotopic (exact) mass is 156 g/mol. The van der Waals surface area contributed by atoms with Crippen LogP contribution in [0.25, 0.3) is 0 Å².